The molecule has 4 heteroatoms. The molecule has 1 unspecified atom stereocenters. The van der Waals surface area contributed by atoms with Crippen LogP contribution in [-0.4, -0.2) is 18.3 Å². The summed E-state index contributed by atoms with van der Waals surface area (Å²) in [5, 5.41) is 2.91. The number of carbonyl (C=O) groups excluding carboxylic acids is 1. The van der Waals surface area contributed by atoms with Gasteiger partial charge in [0.25, 0.3) is 0 Å². The van der Waals surface area contributed by atoms with Crippen molar-refractivity contribution in [2.24, 2.45) is 0 Å². The molecule has 0 radical (unpaired) electrons. The minimum atomic E-state index is -0.292. The minimum Gasteiger partial charge on any atom is -0.441 e. The quantitative estimate of drug-likeness (QED) is 0.771. The van der Waals surface area contributed by atoms with Crippen LogP contribution in [0.2, 0.25) is 0 Å². The summed E-state index contributed by atoms with van der Waals surface area (Å²) in [7, 11) is 1.74. The molecule has 78 valence electrons. The van der Waals surface area contributed by atoms with Crippen LogP contribution in [0.3, 0.4) is 0 Å². The van der Waals surface area contributed by atoms with Crippen molar-refractivity contribution in [3.8, 4) is 0 Å². The molecule has 2 aromatic rings. The standard InChI is InChI=1S/C11H12N2O2/c1-7-13-9-4-3-8(5-11(9)15-7)10(6-14)12-2/h3-6,10,12H,1-2H3. The predicted molar refractivity (Wildman–Crippen MR) is 56.6 cm³/mol. The van der Waals surface area contributed by atoms with E-state index < -0.39 is 0 Å². The molecule has 0 saturated heterocycles. The first kappa shape index (κ1) is 9.86. The molecule has 4 nitrogen and oxygen atoms in total. The number of aldehydes is 1. The number of likely N-dealkylation sites (N-methyl/N-ethyl adjacent to an activating group) is 1. The van der Waals surface area contributed by atoms with E-state index in [1.165, 1.54) is 0 Å². The summed E-state index contributed by atoms with van der Waals surface area (Å²) in [4.78, 5) is 15.0. The Labute approximate surface area is 87.3 Å². The summed E-state index contributed by atoms with van der Waals surface area (Å²) < 4.78 is 5.39. The number of nitrogens with zero attached hydrogens (tertiary/aromatic N) is 1. The zero-order valence-electron chi connectivity index (χ0n) is 8.65. The number of carbonyl (C=O) groups is 1. The van der Waals surface area contributed by atoms with Gasteiger partial charge in [0.15, 0.2) is 11.5 Å². The SMILES string of the molecule is CNC(C=O)c1ccc2nc(C)oc2c1. The Morgan fingerprint density at radius 2 is 2.33 bits per heavy atom. The van der Waals surface area contributed by atoms with Crippen molar-refractivity contribution in [1.29, 1.82) is 0 Å². The van der Waals surface area contributed by atoms with Gasteiger partial charge in [-0.2, -0.15) is 0 Å². The average Bonchev–Trinajstić information content (AvgIpc) is 2.59. The van der Waals surface area contributed by atoms with Gasteiger partial charge < -0.3 is 14.5 Å². The zero-order chi connectivity index (χ0) is 10.8. The molecule has 1 N–H and O–H groups in total. The van der Waals surface area contributed by atoms with E-state index >= 15 is 0 Å². The lowest BCUT2D eigenvalue weighted by Crippen LogP contribution is -2.17. The molecule has 0 saturated carbocycles. The maximum absolute atomic E-state index is 10.8. The first-order valence-electron chi connectivity index (χ1n) is 4.74. The second-order valence-corrected chi connectivity index (χ2v) is 3.36. The van der Waals surface area contributed by atoms with Gasteiger partial charge in [0.2, 0.25) is 0 Å². The van der Waals surface area contributed by atoms with E-state index in [9.17, 15) is 4.79 Å². The lowest BCUT2D eigenvalue weighted by Gasteiger charge is -2.07. The number of hydrogen-bond donors (Lipinski definition) is 1. The van der Waals surface area contributed by atoms with Gasteiger partial charge in [-0.15, -0.1) is 0 Å². The maximum atomic E-state index is 10.8. The fourth-order valence-corrected chi connectivity index (χ4v) is 1.56. The van der Waals surface area contributed by atoms with E-state index in [1.54, 1.807) is 14.0 Å². The van der Waals surface area contributed by atoms with Crippen LogP contribution in [0.15, 0.2) is 22.6 Å². The third-order valence-corrected chi connectivity index (χ3v) is 2.33. The molecule has 15 heavy (non-hydrogen) atoms. The van der Waals surface area contributed by atoms with Crippen LogP contribution in [0, 0.1) is 6.92 Å². The number of hydrogen-bond acceptors (Lipinski definition) is 4. The number of oxazole rings is 1. The van der Waals surface area contributed by atoms with Crippen molar-refractivity contribution in [3.05, 3.63) is 29.7 Å². The van der Waals surface area contributed by atoms with E-state index in [0.717, 1.165) is 17.4 Å². The van der Waals surface area contributed by atoms with Crippen LogP contribution in [0.4, 0.5) is 0 Å². The Morgan fingerprint density at radius 3 is 3.00 bits per heavy atom. The summed E-state index contributed by atoms with van der Waals surface area (Å²) in [5.41, 5.74) is 2.42. The van der Waals surface area contributed by atoms with E-state index in [2.05, 4.69) is 10.3 Å². The van der Waals surface area contributed by atoms with Gasteiger partial charge in [0.1, 0.15) is 11.8 Å². The predicted octanol–water partition coefficient (Wildman–Crippen LogP) is 1.60. The molecule has 0 aliphatic rings. The molecule has 0 spiro atoms. The van der Waals surface area contributed by atoms with Crippen molar-refractivity contribution in [2.45, 2.75) is 13.0 Å². The lowest BCUT2D eigenvalue weighted by molar-refractivity contribution is -0.109. The molecule has 1 aromatic carbocycles. The highest BCUT2D eigenvalue weighted by atomic mass is 16.3. The number of aryl methyl sites for hydroxylation is 1. The zero-order valence-corrected chi connectivity index (χ0v) is 8.65. The van der Waals surface area contributed by atoms with Crippen molar-refractivity contribution < 1.29 is 9.21 Å². The van der Waals surface area contributed by atoms with Crippen molar-refractivity contribution in [1.82, 2.24) is 10.3 Å². The van der Waals surface area contributed by atoms with E-state index in [-0.39, 0.29) is 6.04 Å². The number of rotatable bonds is 3. The Balaban J connectivity index is 2.49. The second kappa shape index (κ2) is 3.82. The van der Waals surface area contributed by atoms with E-state index in [0.29, 0.717) is 11.5 Å². The molecule has 0 aliphatic heterocycles. The molecule has 1 heterocycles. The van der Waals surface area contributed by atoms with Crippen LogP contribution >= 0.6 is 0 Å². The summed E-state index contributed by atoms with van der Waals surface area (Å²) >= 11 is 0. The fourth-order valence-electron chi connectivity index (χ4n) is 1.56. The number of nitrogens with one attached hydrogen (secondary N) is 1. The van der Waals surface area contributed by atoms with Crippen LogP contribution in [0.5, 0.6) is 0 Å². The van der Waals surface area contributed by atoms with Gasteiger partial charge >= 0.3 is 0 Å². The van der Waals surface area contributed by atoms with Crippen LogP contribution in [0.25, 0.3) is 11.1 Å². The monoisotopic (exact) mass is 204 g/mol. The second-order valence-electron chi connectivity index (χ2n) is 3.36. The van der Waals surface area contributed by atoms with Crippen molar-refractivity contribution in [3.63, 3.8) is 0 Å². The Bertz CT molecular complexity index is 490. The molecule has 0 bridgehead atoms. The highest BCUT2D eigenvalue weighted by Gasteiger charge is 2.10. The van der Waals surface area contributed by atoms with Crippen molar-refractivity contribution in [2.75, 3.05) is 7.05 Å². The number of benzene rings is 1. The smallest absolute Gasteiger partial charge is 0.192 e. The van der Waals surface area contributed by atoms with E-state index in [4.69, 9.17) is 4.42 Å². The molecule has 1 atom stereocenters. The summed E-state index contributed by atoms with van der Waals surface area (Å²) in [5.74, 6) is 0.634. The summed E-state index contributed by atoms with van der Waals surface area (Å²) in [6.07, 6.45) is 0.865. The van der Waals surface area contributed by atoms with Crippen LogP contribution < -0.4 is 5.32 Å². The molecular formula is C11H12N2O2. The largest absolute Gasteiger partial charge is 0.441 e. The molecular weight excluding hydrogens is 192 g/mol. The van der Waals surface area contributed by atoms with Crippen LogP contribution in [0.1, 0.15) is 17.5 Å². The lowest BCUT2D eigenvalue weighted by atomic mass is 10.1. The topological polar surface area (TPSA) is 55.1 Å². The third-order valence-electron chi connectivity index (χ3n) is 2.33. The van der Waals surface area contributed by atoms with E-state index in [1.807, 2.05) is 18.2 Å². The van der Waals surface area contributed by atoms with Crippen LogP contribution in [-0.2, 0) is 4.79 Å². The first-order chi connectivity index (χ1) is 7.24. The third kappa shape index (κ3) is 1.76. The molecule has 0 amide bonds. The number of aromatic nitrogens is 1. The molecule has 0 aliphatic carbocycles. The first-order valence-corrected chi connectivity index (χ1v) is 4.74. The van der Waals surface area contributed by atoms with Gasteiger partial charge in [-0.1, -0.05) is 6.07 Å². The maximum Gasteiger partial charge on any atom is 0.192 e. The summed E-state index contributed by atoms with van der Waals surface area (Å²) in [6.45, 7) is 1.80. The van der Waals surface area contributed by atoms with Gasteiger partial charge in [-0.25, -0.2) is 4.98 Å². The Kier molecular flexibility index (Phi) is 2.51. The summed E-state index contributed by atoms with van der Waals surface area (Å²) in [6, 6.07) is 5.28. The molecule has 2 rings (SSSR count). The highest BCUT2D eigenvalue weighted by Crippen LogP contribution is 2.20. The van der Waals surface area contributed by atoms with Gasteiger partial charge in [-0.3, -0.25) is 0 Å². The molecule has 1 aromatic heterocycles. The average molecular weight is 204 g/mol. The van der Waals surface area contributed by atoms with Crippen molar-refractivity contribution >= 4 is 17.4 Å². The van der Waals surface area contributed by atoms with Gasteiger partial charge in [-0.05, 0) is 24.7 Å². The highest BCUT2D eigenvalue weighted by molar-refractivity contribution is 5.75. The van der Waals surface area contributed by atoms with Gasteiger partial charge in [0, 0.05) is 6.92 Å². The minimum absolute atomic E-state index is 0.292. The molecule has 0 fully saturated rings. The fraction of sp³-hybridized carbons (Fsp3) is 0.273. The Morgan fingerprint density at radius 1 is 1.53 bits per heavy atom. The normalized spacial score (nSPS) is 12.9. The Hall–Kier alpha value is -1.68. The van der Waals surface area contributed by atoms with Gasteiger partial charge in [0.05, 0.1) is 6.04 Å². The number of fused-ring (bicyclic) bond motifs is 1.